The highest BCUT2D eigenvalue weighted by Gasteiger charge is 2.38. The minimum atomic E-state index is -1.71. The summed E-state index contributed by atoms with van der Waals surface area (Å²) < 4.78 is 0. The van der Waals surface area contributed by atoms with E-state index in [2.05, 4.69) is 12.6 Å². The topological polar surface area (TPSA) is 106 Å². The zero-order chi connectivity index (χ0) is 9.23. The first kappa shape index (κ1) is 10.2. The van der Waals surface area contributed by atoms with E-state index in [1.807, 2.05) is 0 Å². The van der Waals surface area contributed by atoms with E-state index in [0.717, 1.165) is 0 Å². The van der Waals surface area contributed by atoms with Crippen molar-refractivity contribution in [1.29, 1.82) is 0 Å². The van der Waals surface area contributed by atoms with Crippen molar-refractivity contribution < 1.29 is 14.7 Å². The molecule has 2 atom stereocenters. The van der Waals surface area contributed by atoms with Gasteiger partial charge in [0, 0.05) is 0 Å². The van der Waals surface area contributed by atoms with Gasteiger partial charge in [0.05, 0.1) is 0 Å². The summed E-state index contributed by atoms with van der Waals surface area (Å²) in [6.07, 6.45) is 0. The number of thiol groups is 1. The van der Waals surface area contributed by atoms with Crippen LogP contribution in [0, 0.1) is 0 Å². The van der Waals surface area contributed by atoms with Crippen molar-refractivity contribution in [1.82, 2.24) is 0 Å². The van der Waals surface area contributed by atoms with Crippen LogP contribution in [0.1, 0.15) is 6.92 Å². The highest BCUT2D eigenvalue weighted by molar-refractivity contribution is 7.82. The number of carbonyl (C=O) groups is 2. The van der Waals surface area contributed by atoms with Crippen LogP contribution in [-0.4, -0.2) is 27.8 Å². The molecule has 0 aliphatic carbocycles. The second kappa shape index (κ2) is 3.10. The second-order valence-electron chi connectivity index (χ2n) is 2.39. The van der Waals surface area contributed by atoms with E-state index in [1.54, 1.807) is 0 Å². The molecular formula is C5H10N2O3S. The van der Waals surface area contributed by atoms with Gasteiger partial charge in [-0.05, 0) is 6.92 Å². The summed E-state index contributed by atoms with van der Waals surface area (Å²) in [6, 6.07) is 0. The zero-order valence-electron chi connectivity index (χ0n) is 5.94. The molecule has 0 radical (unpaired) electrons. The minimum absolute atomic E-state index is 0.847. The van der Waals surface area contributed by atoms with Gasteiger partial charge < -0.3 is 16.6 Å². The molecule has 6 heteroatoms. The van der Waals surface area contributed by atoms with Crippen LogP contribution < -0.4 is 11.5 Å². The Morgan fingerprint density at radius 3 is 2.09 bits per heavy atom. The van der Waals surface area contributed by atoms with Crippen LogP contribution in [0.3, 0.4) is 0 Å². The number of hydrogen-bond donors (Lipinski definition) is 4. The molecule has 0 aromatic carbocycles. The average molecular weight is 178 g/mol. The molecule has 0 spiro atoms. The maximum absolute atomic E-state index is 10.5. The molecule has 1 amide bonds. The number of rotatable bonds is 3. The van der Waals surface area contributed by atoms with E-state index >= 15 is 0 Å². The number of amides is 1. The monoisotopic (exact) mass is 178 g/mol. The van der Waals surface area contributed by atoms with Crippen molar-refractivity contribution >= 4 is 24.5 Å². The van der Waals surface area contributed by atoms with Crippen molar-refractivity contribution in [2.45, 2.75) is 17.7 Å². The summed E-state index contributed by atoms with van der Waals surface area (Å²) >= 11 is 3.66. The molecule has 5 nitrogen and oxygen atoms in total. The Morgan fingerprint density at radius 2 is 2.00 bits per heavy atom. The second-order valence-corrected chi connectivity index (χ2v) is 2.91. The Hall–Kier alpha value is -0.750. The third kappa shape index (κ3) is 2.09. The van der Waals surface area contributed by atoms with Crippen LogP contribution in [0.5, 0.6) is 0 Å². The number of aliphatic carboxylic acids is 1. The summed E-state index contributed by atoms with van der Waals surface area (Å²) in [7, 11) is 0. The normalized spacial score (nSPS) is 18.5. The fourth-order valence-electron chi connectivity index (χ4n) is 0.412. The molecule has 0 bridgehead atoms. The largest absolute Gasteiger partial charge is 0.480 e. The summed E-state index contributed by atoms with van der Waals surface area (Å²) in [5.41, 5.74) is 8.32. The first-order valence-corrected chi connectivity index (χ1v) is 3.31. The van der Waals surface area contributed by atoms with Gasteiger partial charge in [-0.3, -0.25) is 9.59 Å². The Labute approximate surface area is 69.2 Å². The van der Waals surface area contributed by atoms with Crippen LogP contribution in [0.25, 0.3) is 0 Å². The van der Waals surface area contributed by atoms with E-state index in [1.165, 1.54) is 6.92 Å². The fourth-order valence-corrected chi connectivity index (χ4v) is 0.523. The Kier molecular flexibility index (Phi) is 2.89. The van der Waals surface area contributed by atoms with Crippen LogP contribution in [0.4, 0.5) is 0 Å². The minimum Gasteiger partial charge on any atom is -0.480 e. The lowest BCUT2D eigenvalue weighted by Gasteiger charge is -2.23. The first-order valence-electron chi connectivity index (χ1n) is 2.79. The van der Waals surface area contributed by atoms with Gasteiger partial charge in [-0.25, -0.2) is 0 Å². The molecule has 0 rings (SSSR count). The highest BCUT2D eigenvalue weighted by Crippen LogP contribution is 2.12. The van der Waals surface area contributed by atoms with Gasteiger partial charge in [0.25, 0.3) is 0 Å². The quantitative estimate of drug-likeness (QED) is 0.397. The number of hydrogen-bond acceptors (Lipinski definition) is 4. The molecule has 2 unspecified atom stereocenters. The number of primary amides is 1. The van der Waals surface area contributed by atoms with Crippen LogP contribution in [0.2, 0.25) is 0 Å². The SMILES string of the molecule is CC(N)(C(=O)O)C(S)C(N)=O. The van der Waals surface area contributed by atoms with Crippen LogP contribution >= 0.6 is 12.6 Å². The Morgan fingerprint density at radius 1 is 1.64 bits per heavy atom. The lowest BCUT2D eigenvalue weighted by Crippen LogP contribution is -2.57. The molecule has 0 aromatic heterocycles. The zero-order valence-corrected chi connectivity index (χ0v) is 6.84. The van der Waals surface area contributed by atoms with Crippen molar-refractivity contribution in [3.8, 4) is 0 Å². The lowest BCUT2D eigenvalue weighted by molar-refractivity contribution is -0.144. The number of nitrogens with two attached hydrogens (primary N) is 2. The predicted molar refractivity (Wildman–Crippen MR) is 42.2 cm³/mol. The standard InChI is InChI=1S/C5H10N2O3S/c1-5(7,4(9)10)2(11)3(6)8/h2,11H,7H2,1H3,(H2,6,8)(H,9,10). The van der Waals surface area contributed by atoms with Gasteiger partial charge in [-0.1, -0.05) is 0 Å². The lowest BCUT2D eigenvalue weighted by atomic mass is 9.99. The molecule has 0 saturated carbocycles. The van der Waals surface area contributed by atoms with E-state index in [4.69, 9.17) is 16.6 Å². The average Bonchev–Trinajstić information content (AvgIpc) is 1.85. The van der Waals surface area contributed by atoms with E-state index < -0.39 is 22.7 Å². The molecule has 0 fully saturated rings. The smallest absolute Gasteiger partial charge is 0.325 e. The molecule has 0 saturated heterocycles. The molecule has 0 aliphatic rings. The predicted octanol–water partition coefficient (Wildman–Crippen LogP) is -1.43. The number of carbonyl (C=O) groups excluding carboxylic acids is 1. The van der Waals surface area contributed by atoms with Gasteiger partial charge in [0.2, 0.25) is 5.91 Å². The van der Waals surface area contributed by atoms with Gasteiger partial charge in [-0.15, -0.1) is 0 Å². The van der Waals surface area contributed by atoms with Gasteiger partial charge in [-0.2, -0.15) is 12.6 Å². The highest BCUT2D eigenvalue weighted by atomic mass is 32.1. The van der Waals surface area contributed by atoms with Crippen molar-refractivity contribution in [2.75, 3.05) is 0 Å². The summed E-state index contributed by atoms with van der Waals surface area (Å²) in [5.74, 6) is -2.16. The summed E-state index contributed by atoms with van der Waals surface area (Å²) in [4.78, 5) is 20.8. The maximum atomic E-state index is 10.5. The molecule has 0 aromatic rings. The third-order valence-electron chi connectivity index (χ3n) is 1.30. The van der Waals surface area contributed by atoms with Crippen molar-refractivity contribution in [2.24, 2.45) is 11.5 Å². The fraction of sp³-hybridized carbons (Fsp3) is 0.600. The molecule has 11 heavy (non-hydrogen) atoms. The maximum Gasteiger partial charge on any atom is 0.325 e. The van der Waals surface area contributed by atoms with Gasteiger partial charge in [0.1, 0.15) is 10.8 Å². The van der Waals surface area contributed by atoms with Crippen LogP contribution in [-0.2, 0) is 9.59 Å². The number of carboxylic acids is 1. The van der Waals surface area contributed by atoms with E-state index in [9.17, 15) is 9.59 Å². The molecule has 0 aliphatic heterocycles. The van der Waals surface area contributed by atoms with Crippen LogP contribution in [0.15, 0.2) is 0 Å². The summed E-state index contributed by atoms with van der Waals surface area (Å²) in [6.45, 7) is 1.18. The number of carboxylic acid groups (broad SMARTS) is 1. The van der Waals surface area contributed by atoms with Crippen molar-refractivity contribution in [3.05, 3.63) is 0 Å². The third-order valence-corrected chi connectivity index (χ3v) is 2.09. The molecule has 5 N–H and O–H groups in total. The Bertz CT molecular complexity index is 192. The Balaban J connectivity index is 4.55. The van der Waals surface area contributed by atoms with Gasteiger partial charge >= 0.3 is 5.97 Å². The molecule has 0 heterocycles. The molecule has 64 valence electrons. The first-order chi connectivity index (χ1) is 4.80. The van der Waals surface area contributed by atoms with E-state index in [0.29, 0.717) is 0 Å². The van der Waals surface area contributed by atoms with E-state index in [-0.39, 0.29) is 0 Å². The summed E-state index contributed by atoms with van der Waals surface area (Å²) in [5, 5.41) is 7.30. The van der Waals surface area contributed by atoms with Gasteiger partial charge in [0.15, 0.2) is 0 Å². The van der Waals surface area contributed by atoms with Crippen molar-refractivity contribution in [3.63, 3.8) is 0 Å². The molecular weight excluding hydrogens is 168 g/mol.